The number of halogens is 1. The van der Waals surface area contributed by atoms with Gasteiger partial charge >= 0.3 is 0 Å². The molecule has 72 valence electrons. The Balaban J connectivity index is 3.19. The maximum Gasteiger partial charge on any atom is 0.127 e. The van der Waals surface area contributed by atoms with Gasteiger partial charge < -0.3 is 4.74 Å². The summed E-state index contributed by atoms with van der Waals surface area (Å²) in [4.78, 5) is 0. The Labute approximate surface area is 78.5 Å². The van der Waals surface area contributed by atoms with Crippen molar-refractivity contribution in [3.05, 3.63) is 29.6 Å². The molecule has 2 heteroatoms. The molecule has 0 atom stereocenters. The third-order valence-electron chi connectivity index (χ3n) is 1.98. The average molecular weight is 182 g/mol. The van der Waals surface area contributed by atoms with Crippen LogP contribution in [0, 0.1) is 5.82 Å². The van der Waals surface area contributed by atoms with Gasteiger partial charge in [0, 0.05) is 0 Å². The second kappa shape index (κ2) is 3.36. The zero-order chi connectivity index (χ0) is 10.1. The molecule has 0 bridgehead atoms. The maximum atomic E-state index is 13.3. The van der Waals surface area contributed by atoms with Crippen molar-refractivity contribution in [3.8, 4) is 5.75 Å². The monoisotopic (exact) mass is 182 g/mol. The fourth-order valence-corrected chi connectivity index (χ4v) is 1.21. The van der Waals surface area contributed by atoms with E-state index in [1.54, 1.807) is 19.2 Å². The van der Waals surface area contributed by atoms with E-state index in [0.717, 1.165) is 0 Å². The molecule has 0 spiro atoms. The summed E-state index contributed by atoms with van der Waals surface area (Å²) in [7, 11) is 1.58. The molecule has 0 fully saturated rings. The lowest BCUT2D eigenvalue weighted by Gasteiger charge is -2.20. The second-order valence-electron chi connectivity index (χ2n) is 4.10. The number of ether oxygens (including phenoxy) is 1. The quantitative estimate of drug-likeness (QED) is 0.648. The first-order chi connectivity index (χ1) is 5.95. The van der Waals surface area contributed by atoms with Crippen LogP contribution in [0.4, 0.5) is 4.39 Å². The highest BCUT2D eigenvalue weighted by Gasteiger charge is 2.18. The summed E-state index contributed by atoms with van der Waals surface area (Å²) in [5.41, 5.74) is 0.505. The Hall–Kier alpha value is -1.05. The predicted octanol–water partition coefficient (Wildman–Crippen LogP) is 3.13. The molecule has 13 heavy (non-hydrogen) atoms. The average Bonchev–Trinajstić information content (AvgIpc) is 2.03. The van der Waals surface area contributed by atoms with Gasteiger partial charge in [0.2, 0.25) is 0 Å². The van der Waals surface area contributed by atoms with Gasteiger partial charge in [-0.25, -0.2) is 4.39 Å². The number of methoxy groups -OCH3 is 1. The molecule has 1 aromatic carbocycles. The highest BCUT2D eigenvalue weighted by molar-refractivity contribution is 5.33. The Kier molecular flexibility index (Phi) is 2.60. The third kappa shape index (κ3) is 2.20. The molecule has 0 aromatic heterocycles. The molecule has 0 unspecified atom stereocenters. The lowest BCUT2D eigenvalue weighted by Crippen LogP contribution is -2.13. The van der Waals surface area contributed by atoms with E-state index in [9.17, 15) is 4.39 Å². The largest absolute Gasteiger partial charge is 0.497 e. The van der Waals surface area contributed by atoms with Crippen LogP contribution in [-0.4, -0.2) is 7.11 Å². The van der Waals surface area contributed by atoms with Crippen molar-refractivity contribution in [1.82, 2.24) is 0 Å². The standard InChI is InChI=1S/C11H15FO/c1-11(2,3)9-7-8(13-4)5-6-10(9)12/h5-7H,1-4H3. The molecule has 0 aliphatic rings. The van der Waals surface area contributed by atoms with Gasteiger partial charge in [-0.05, 0) is 29.2 Å². The Morgan fingerprint density at radius 3 is 2.31 bits per heavy atom. The minimum atomic E-state index is -0.182. The van der Waals surface area contributed by atoms with Gasteiger partial charge in [0.25, 0.3) is 0 Å². The topological polar surface area (TPSA) is 9.23 Å². The molecule has 0 aliphatic carbocycles. The van der Waals surface area contributed by atoms with E-state index in [1.807, 2.05) is 20.8 Å². The lowest BCUT2D eigenvalue weighted by atomic mass is 9.86. The molecule has 0 radical (unpaired) electrons. The van der Waals surface area contributed by atoms with E-state index >= 15 is 0 Å². The van der Waals surface area contributed by atoms with Gasteiger partial charge in [-0.2, -0.15) is 0 Å². The number of rotatable bonds is 1. The van der Waals surface area contributed by atoms with Crippen LogP contribution in [0.1, 0.15) is 26.3 Å². The van der Waals surface area contributed by atoms with Crippen molar-refractivity contribution in [2.75, 3.05) is 7.11 Å². The molecule has 1 nitrogen and oxygen atoms in total. The second-order valence-corrected chi connectivity index (χ2v) is 4.10. The normalized spacial score (nSPS) is 11.5. The first kappa shape index (κ1) is 10.0. The molecule has 0 N–H and O–H groups in total. The van der Waals surface area contributed by atoms with Crippen molar-refractivity contribution in [1.29, 1.82) is 0 Å². The van der Waals surface area contributed by atoms with Gasteiger partial charge in [0.15, 0.2) is 0 Å². The molecule has 0 saturated heterocycles. The van der Waals surface area contributed by atoms with Crippen molar-refractivity contribution >= 4 is 0 Å². The number of benzene rings is 1. The summed E-state index contributed by atoms with van der Waals surface area (Å²) in [6.45, 7) is 5.93. The molecular weight excluding hydrogens is 167 g/mol. The number of hydrogen-bond donors (Lipinski definition) is 0. The molecule has 1 aromatic rings. The molecule has 0 amide bonds. The molecule has 0 saturated carbocycles. The highest BCUT2D eigenvalue weighted by Crippen LogP contribution is 2.28. The summed E-state index contributed by atoms with van der Waals surface area (Å²) in [6, 6.07) is 4.82. The predicted molar refractivity (Wildman–Crippen MR) is 51.7 cm³/mol. The van der Waals surface area contributed by atoms with E-state index in [4.69, 9.17) is 4.74 Å². The van der Waals surface area contributed by atoms with Crippen LogP contribution in [0.15, 0.2) is 18.2 Å². The van der Waals surface area contributed by atoms with Crippen molar-refractivity contribution in [2.45, 2.75) is 26.2 Å². The highest BCUT2D eigenvalue weighted by atomic mass is 19.1. The van der Waals surface area contributed by atoms with E-state index in [0.29, 0.717) is 11.3 Å². The fraction of sp³-hybridized carbons (Fsp3) is 0.455. The van der Waals surface area contributed by atoms with Gasteiger partial charge in [-0.1, -0.05) is 20.8 Å². The zero-order valence-electron chi connectivity index (χ0n) is 8.52. The minimum Gasteiger partial charge on any atom is -0.497 e. The number of hydrogen-bond acceptors (Lipinski definition) is 1. The third-order valence-corrected chi connectivity index (χ3v) is 1.98. The van der Waals surface area contributed by atoms with Crippen molar-refractivity contribution < 1.29 is 9.13 Å². The van der Waals surface area contributed by atoms with Crippen LogP contribution in [0.5, 0.6) is 5.75 Å². The molecule has 0 aliphatic heterocycles. The molecule has 0 heterocycles. The van der Waals surface area contributed by atoms with Gasteiger partial charge in [0.1, 0.15) is 11.6 Å². The Morgan fingerprint density at radius 1 is 1.23 bits per heavy atom. The summed E-state index contributed by atoms with van der Waals surface area (Å²) in [5.74, 6) is 0.527. The SMILES string of the molecule is COc1ccc(F)c(C(C)(C)C)c1. The molecular formula is C11H15FO. The van der Waals surface area contributed by atoms with E-state index in [2.05, 4.69) is 0 Å². The molecule has 1 rings (SSSR count). The van der Waals surface area contributed by atoms with E-state index < -0.39 is 0 Å². The Bertz CT molecular complexity index is 299. The van der Waals surface area contributed by atoms with Crippen LogP contribution in [-0.2, 0) is 5.41 Å². The van der Waals surface area contributed by atoms with Crippen LogP contribution in [0.25, 0.3) is 0 Å². The summed E-state index contributed by atoms with van der Waals surface area (Å²) in [6.07, 6.45) is 0. The van der Waals surface area contributed by atoms with Gasteiger partial charge in [-0.15, -0.1) is 0 Å². The summed E-state index contributed by atoms with van der Waals surface area (Å²) < 4.78 is 18.4. The van der Waals surface area contributed by atoms with Crippen molar-refractivity contribution in [2.24, 2.45) is 0 Å². The lowest BCUT2D eigenvalue weighted by molar-refractivity contribution is 0.409. The van der Waals surface area contributed by atoms with Gasteiger partial charge in [-0.3, -0.25) is 0 Å². The summed E-state index contributed by atoms with van der Waals surface area (Å²) in [5, 5.41) is 0. The summed E-state index contributed by atoms with van der Waals surface area (Å²) >= 11 is 0. The van der Waals surface area contributed by atoms with Crippen LogP contribution in [0.3, 0.4) is 0 Å². The first-order valence-corrected chi connectivity index (χ1v) is 4.29. The van der Waals surface area contributed by atoms with E-state index in [-0.39, 0.29) is 11.2 Å². The Morgan fingerprint density at radius 2 is 1.85 bits per heavy atom. The first-order valence-electron chi connectivity index (χ1n) is 4.29. The van der Waals surface area contributed by atoms with Crippen LogP contribution in [0.2, 0.25) is 0 Å². The van der Waals surface area contributed by atoms with E-state index in [1.165, 1.54) is 6.07 Å². The van der Waals surface area contributed by atoms with Crippen LogP contribution >= 0.6 is 0 Å². The minimum absolute atomic E-state index is 0.173. The van der Waals surface area contributed by atoms with Gasteiger partial charge in [0.05, 0.1) is 7.11 Å². The zero-order valence-corrected chi connectivity index (χ0v) is 8.52. The van der Waals surface area contributed by atoms with Crippen LogP contribution < -0.4 is 4.74 Å². The maximum absolute atomic E-state index is 13.3. The smallest absolute Gasteiger partial charge is 0.127 e. The van der Waals surface area contributed by atoms with Crippen molar-refractivity contribution in [3.63, 3.8) is 0 Å². The fourth-order valence-electron chi connectivity index (χ4n) is 1.21.